The van der Waals surface area contributed by atoms with E-state index in [0.29, 0.717) is 11.1 Å². The van der Waals surface area contributed by atoms with Crippen LogP contribution in [0.3, 0.4) is 0 Å². The fourth-order valence-corrected chi connectivity index (χ4v) is 2.59. The lowest BCUT2D eigenvalue weighted by atomic mass is 10.2. The van der Waals surface area contributed by atoms with Crippen molar-refractivity contribution in [2.24, 2.45) is 7.05 Å². The van der Waals surface area contributed by atoms with Gasteiger partial charge in [-0.25, -0.2) is 9.87 Å². The van der Waals surface area contributed by atoms with Crippen LogP contribution in [0.1, 0.15) is 16.1 Å². The Hall–Kier alpha value is -2.93. The molecule has 2 heterocycles. The standard InChI is InChI=1S/C16H15FN4O2/c1-9-3-4-12(11(17)7-9)19-14-10-8-18-6-5-13(10)21(2)15(14)16(22)20-23/h3-8,19,23H,1-2H3,(H,20,22). The minimum atomic E-state index is -0.696. The molecule has 3 rings (SSSR count). The minimum absolute atomic E-state index is 0.176. The highest BCUT2D eigenvalue weighted by molar-refractivity contribution is 6.09. The first-order chi connectivity index (χ1) is 11.0. The van der Waals surface area contributed by atoms with Gasteiger partial charge in [0.2, 0.25) is 0 Å². The van der Waals surface area contributed by atoms with E-state index in [9.17, 15) is 9.18 Å². The number of nitrogens with zero attached hydrogens (tertiary/aromatic N) is 2. The summed E-state index contributed by atoms with van der Waals surface area (Å²) in [5, 5.41) is 12.6. The van der Waals surface area contributed by atoms with Crippen molar-refractivity contribution < 1.29 is 14.4 Å². The van der Waals surface area contributed by atoms with Gasteiger partial charge >= 0.3 is 0 Å². The number of carbonyl (C=O) groups excluding carboxylic acids is 1. The van der Waals surface area contributed by atoms with Crippen LogP contribution in [0.15, 0.2) is 36.7 Å². The topological polar surface area (TPSA) is 79.2 Å². The third-order valence-corrected chi connectivity index (χ3v) is 3.70. The Labute approximate surface area is 131 Å². The monoisotopic (exact) mass is 314 g/mol. The average Bonchev–Trinajstić information content (AvgIpc) is 2.82. The Morgan fingerprint density at radius 2 is 2.13 bits per heavy atom. The van der Waals surface area contributed by atoms with Gasteiger partial charge in [-0.05, 0) is 30.7 Å². The zero-order valence-corrected chi connectivity index (χ0v) is 12.6. The van der Waals surface area contributed by atoms with E-state index in [0.717, 1.165) is 11.1 Å². The van der Waals surface area contributed by atoms with Crippen LogP contribution in [0.2, 0.25) is 0 Å². The molecule has 0 aliphatic rings. The quantitative estimate of drug-likeness (QED) is 0.513. The Kier molecular flexibility index (Phi) is 3.71. The summed E-state index contributed by atoms with van der Waals surface area (Å²) in [5.41, 5.74) is 3.93. The van der Waals surface area contributed by atoms with Crippen LogP contribution in [-0.2, 0) is 7.05 Å². The number of nitrogens with one attached hydrogen (secondary N) is 2. The van der Waals surface area contributed by atoms with Crippen molar-refractivity contribution in [2.75, 3.05) is 5.32 Å². The third kappa shape index (κ3) is 2.51. The molecule has 3 aromatic rings. The lowest BCUT2D eigenvalue weighted by Crippen LogP contribution is -2.22. The first-order valence-corrected chi connectivity index (χ1v) is 6.93. The molecule has 0 fully saturated rings. The molecular weight excluding hydrogens is 299 g/mol. The Bertz CT molecular complexity index is 904. The van der Waals surface area contributed by atoms with Gasteiger partial charge in [-0.15, -0.1) is 0 Å². The number of fused-ring (bicyclic) bond motifs is 1. The highest BCUT2D eigenvalue weighted by atomic mass is 19.1. The highest BCUT2D eigenvalue weighted by Gasteiger charge is 2.21. The molecule has 1 amide bonds. The van der Waals surface area contributed by atoms with E-state index in [4.69, 9.17) is 5.21 Å². The second kappa shape index (κ2) is 5.69. The lowest BCUT2D eigenvalue weighted by molar-refractivity contribution is 0.0698. The van der Waals surface area contributed by atoms with Crippen LogP contribution in [0.5, 0.6) is 0 Å². The Morgan fingerprint density at radius 1 is 1.35 bits per heavy atom. The van der Waals surface area contributed by atoms with Crippen LogP contribution >= 0.6 is 0 Å². The molecule has 118 valence electrons. The van der Waals surface area contributed by atoms with E-state index in [2.05, 4.69) is 10.3 Å². The van der Waals surface area contributed by atoms with Gasteiger partial charge in [-0.3, -0.25) is 15.0 Å². The second-order valence-electron chi connectivity index (χ2n) is 5.22. The number of carbonyl (C=O) groups is 1. The van der Waals surface area contributed by atoms with Gasteiger partial charge in [0.15, 0.2) is 0 Å². The van der Waals surface area contributed by atoms with Gasteiger partial charge in [0, 0.05) is 24.8 Å². The molecule has 3 N–H and O–H groups in total. The van der Waals surface area contributed by atoms with Crippen LogP contribution in [-0.4, -0.2) is 20.7 Å². The van der Waals surface area contributed by atoms with E-state index in [-0.39, 0.29) is 11.4 Å². The van der Waals surface area contributed by atoms with Crippen molar-refractivity contribution in [3.8, 4) is 0 Å². The largest absolute Gasteiger partial charge is 0.351 e. The first-order valence-electron chi connectivity index (χ1n) is 6.93. The fourth-order valence-electron chi connectivity index (χ4n) is 2.59. The average molecular weight is 314 g/mol. The summed E-state index contributed by atoms with van der Waals surface area (Å²) in [4.78, 5) is 16.1. The summed E-state index contributed by atoms with van der Waals surface area (Å²) in [7, 11) is 1.68. The maximum absolute atomic E-state index is 14.1. The number of hydrogen-bond acceptors (Lipinski definition) is 4. The number of aryl methyl sites for hydroxylation is 2. The van der Waals surface area contributed by atoms with Crippen molar-refractivity contribution >= 4 is 28.2 Å². The van der Waals surface area contributed by atoms with E-state index >= 15 is 0 Å². The number of benzene rings is 1. The molecule has 0 unspecified atom stereocenters. The Morgan fingerprint density at radius 3 is 2.83 bits per heavy atom. The maximum Gasteiger partial charge on any atom is 0.293 e. The molecule has 1 aromatic carbocycles. The van der Waals surface area contributed by atoms with Crippen LogP contribution in [0.4, 0.5) is 15.8 Å². The fraction of sp³-hybridized carbons (Fsp3) is 0.125. The molecule has 0 aliphatic heterocycles. The molecule has 0 atom stereocenters. The number of hydrogen-bond donors (Lipinski definition) is 3. The van der Waals surface area contributed by atoms with Gasteiger partial charge in [0.05, 0.1) is 16.9 Å². The molecule has 6 nitrogen and oxygen atoms in total. The van der Waals surface area contributed by atoms with Crippen molar-refractivity contribution in [3.05, 3.63) is 53.7 Å². The van der Waals surface area contributed by atoms with Gasteiger partial charge in [-0.2, -0.15) is 0 Å². The summed E-state index contributed by atoms with van der Waals surface area (Å²) >= 11 is 0. The normalized spacial score (nSPS) is 10.8. The summed E-state index contributed by atoms with van der Waals surface area (Å²) in [6.07, 6.45) is 3.18. The SMILES string of the molecule is Cc1ccc(Nc2c(C(=O)NO)n(C)c3ccncc23)c(F)c1. The third-order valence-electron chi connectivity index (χ3n) is 3.70. The molecular formula is C16H15FN4O2. The van der Waals surface area contributed by atoms with Crippen LogP contribution in [0.25, 0.3) is 10.9 Å². The molecule has 0 saturated heterocycles. The predicted octanol–water partition coefficient (Wildman–Crippen LogP) is 2.88. The lowest BCUT2D eigenvalue weighted by Gasteiger charge is -2.10. The molecule has 2 aromatic heterocycles. The van der Waals surface area contributed by atoms with Gasteiger partial charge in [0.1, 0.15) is 11.5 Å². The summed E-state index contributed by atoms with van der Waals surface area (Å²) in [5.74, 6) is -1.13. The van der Waals surface area contributed by atoms with Crippen molar-refractivity contribution in [1.29, 1.82) is 0 Å². The molecule has 0 radical (unpaired) electrons. The molecule has 7 heteroatoms. The zero-order valence-electron chi connectivity index (χ0n) is 12.6. The summed E-state index contributed by atoms with van der Waals surface area (Å²) in [6.45, 7) is 1.79. The Balaban J connectivity index is 2.21. The number of amides is 1. The van der Waals surface area contributed by atoms with Gasteiger partial charge in [-0.1, -0.05) is 6.07 Å². The number of hydroxylamine groups is 1. The smallest absolute Gasteiger partial charge is 0.293 e. The molecule has 0 aliphatic carbocycles. The van der Waals surface area contributed by atoms with E-state index < -0.39 is 11.7 Å². The van der Waals surface area contributed by atoms with Crippen molar-refractivity contribution in [3.63, 3.8) is 0 Å². The minimum Gasteiger partial charge on any atom is -0.351 e. The van der Waals surface area contributed by atoms with Gasteiger partial charge in [0.25, 0.3) is 5.91 Å². The number of pyridine rings is 1. The van der Waals surface area contributed by atoms with Crippen molar-refractivity contribution in [1.82, 2.24) is 15.0 Å². The van der Waals surface area contributed by atoms with E-state index in [1.54, 1.807) is 54.6 Å². The molecule has 23 heavy (non-hydrogen) atoms. The number of aromatic nitrogens is 2. The van der Waals surface area contributed by atoms with Crippen LogP contribution < -0.4 is 10.8 Å². The van der Waals surface area contributed by atoms with Crippen molar-refractivity contribution in [2.45, 2.75) is 6.92 Å². The van der Waals surface area contributed by atoms with E-state index in [1.165, 1.54) is 6.07 Å². The first kappa shape index (κ1) is 15.0. The number of rotatable bonds is 3. The summed E-state index contributed by atoms with van der Waals surface area (Å²) in [6, 6.07) is 6.50. The highest BCUT2D eigenvalue weighted by Crippen LogP contribution is 2.33. The molecule has 0 spiro atoms. The number of anilines is 2. The number of halogens is 1. The summed E-state index contributed by atoms with van der Waals surface area (Å²) < 4.78 is 15.7. The van der Waals surface area contributed by atoms with Crippen LogP contribution in [0, 0.1) is 12.7 Å². The zero-order chi connectivity index (χ0) is 16.6. The maximum atomic E-state index is 14.1. The predicted molar refractivity (Wildman–Crippen MR) is 84.4 cm³/mol. The molecule has 0 saturated carbocycles. The van der Waals surface area contributed by atoms with E-state index in [1.807, 2.05) is 0 Å². The second-order valence-corrected chi connectivity index (χ2v) is 5.22. The van der Waals surface area contributed by atoms with Gasteiger partial charge < -0.3 is 9.88 Å². The molecule has 0 bridgehead atoms.